The number of amides is 2. The minimum Gasteiger partial charge on any atom is -0.462 e. The molecule has 9 heteroatoms. The number of nitrogens with one attached hydrogen (secondary N) is 1. The van der Waals surface area contributed by atoms with Crippen molar-refractivity contribution in [2.45, 2.75) is 34.6 Å². The number of thiophene rings is 1. The highest BCUT2D eigenvalue weighted by Crippen LogP contribution is 2.35. The first kappa shape index (κ1) is 21.9. The van der Waals surface area contributed by atoms with Crippen LogP contribution >= 0.6 is 23.6 Å². The molecule has 3 rings (SSSR count). The van der Waals surface area contributed by atoms with Gasteiger partial charge in [-0.25, -0.2) is 4.79 Å². The fourth-order valence-corrected chi connectivity index (χ4v) is 4.79. The minimum absolute atomic E-state index is 0.00973. The summed E-state index contributed by atoms with van der Waals surface area (Å²) in [4.78, 5) is 39.7. The third kappa shape index (κ3) is 3.59. The van der Waals surface area contributed by atoms with E-state index in [0.717, 1.165) is 26.8 Å². The van der Waals surface area contributed by atoms with E-state index in [9.17, 15) is 14.4 Å². The zero-order valence-corrected chi connectivity index (χ0v) is 19.3. The molecule has 2 aromatic heterocycles. The Bertz CT molecular complexity index is 1120. The van der Waals surface area contributed by atoms with Gasteiger partial charge in [-0.15, -0.1) is 11.3 Å². The van der Waals surface area contributed by atoms with E-state index in [-0.39, 0.29) is 16.7 Å². The fraction of sp³-hybridized carbons (Fsp3) is 0.333. The molecule has 0 unspecified atom stereocenters. The number of aryl methyl sites for hydroxylation is 2. The maximum absolute atomic E-state index is 12.6. The molecule has 1 fully saturated rings. The molecule has 7 nitrogen and oxygen atoms in total. The number of ether oxygens (including phenoxy) is 1. The molecular formula is C21H23N3O4S2. The predicted octanol–water partition coefficient (Wildman–Crippen LogP) is 3.21. The van der Waals surface area contributed by atoms with E-state index < -0.39 is 11.8 Å². The summed E-state index contributed by atoms with van der Waals surface area (Å²) >= 11 is 6.50. The second-order valence-corrected chi connectivity index (χ2v) is 8.62. The highest BCUT2D eigenvalue weighted by Gasteiger charge is 2.31. The van der Waals surface area contributed by atoms with E-state index in [1.807, 2.05) is 38.3 Å². The van der Waals surface area contributed by atoms with Crippen LogP contribution in [-0.2, 0) is 14.3 Å². The third-order valence-corrected chi connectivity index (χ3v) is 6.69. The average molecular weight is 446 g/mol. The van der Waals surface area contributed by atoms with Gasteiger partial charge in [0.1, 0.15) is 10.6 Å². The van der Waals surface area contributed by atoms with E-state index in [4.69, 9.17) is 17.0 Å². The molecule has 1 saturated heterocycles. The van der Waals surface area contributed by atoms with Gasteiger partial charge in [0.25, 0.3) is 11.8 Å². The zero-order valence-electron chi connectivity index (χ0n) is 17.7. The van der Waals surface area contributed by atoms with E-state index in [2.05, 4.69) is 5.32 Å². The van der Waals surface area contributed by atoms with Crippen LogP contribution in [0.3, 0.4) is 0 Å². The van der Waals surface area contributed by atoms with E-state index >= 15 is 0 Å². The molecule has 0 aliphatic carbocycles. The number of hydrogen-bond donors (Lipinski definition) is 1. The molecule has 3 heterocycles. The lowest BCUT2D eigenvalue weighted by atomic mass is 10.1. The topological polar surface area (TPSA) is 80.6 Å². The van der Waals surface area contributed by atoms with Crippen molar-refractivity contribution in [2.24, 2.45) is 0 Å². The van der Waals surface area contributed by atoms with Gasteiger partial charge in [0.05, 0.1) is 12.2 Å². The summed E-state index contributed by atoms with van der Waals surface area (Å²) in [7, 11) is 1.52. The molecule has 0 aromatic carbocycles. The molecule has 1 aliphatic heterocycles. The molecule has 1 aliphatic rings. The van der Waals surface area contributed by atoms with Crippen LogP contribution in [0.25, 0.3) is 11.1 Å². The van der Waals surface area contributed by atoms with Crippen molar-refractivity contribution in [3.05, 3.63) is 44.6 Å². The molecule has 0 bridgehead atoms. The maximum Gasteiger partial charge on any atom is 0.341 e. The number of carbonyl (C=O) groups excluding carboxylic acids is 3. The molecule has 2 aromatic rings. The summed E-state index contributed by atoms with van der Waals surface area (Å²) in [6.07, 6.45) is 1.56. The van der Waals surface area contributed by atoms with Crippen molar-refractivity contribution in [1.29, 1.82) is 0 Å². The Hall–Kier alpha value is -2.78. The molecule has 0 radical (unpaired) electrons. The summed E-state index contributed by atoms with van der Waals surface area (Å²) in [5.41, 5.74) is 3.83. The summed E-state index contributed by atoms with van der Waals surface area (Å²) in [6, 6.07) is 1.88. The summed E-state index contributed by atoms with van der Waals surface area (Å²) in [5.74, 6) is -1.34. The van der Waals surface area contributed by atoms with Crippen LogP contribution in [-0.4, -0.2) is 46.0 Å². The van der Waals surface area contributed by atoms with Crippen LogP contribution in [0, 0.1) is 27.7 Å². The first-order valence-corrected chi connectivity index (χ1v) is 10.6. The van der Waals surface area contributed by atoms with Gasteiger partial charge in [0.2, 0.25) is 0 Å². The van der Waals surface area contributed by atoms with Crippen LogP contribution in [0.5, 0.6) is 0 Å². The van der Waals surface area contributed by atoms with Crippen molar-refractivity contribution in [1.82, 2.24) is 14.8 Å². The Balaban J connectivity index is 2.14. The average Bonchev–Trinajstić information content (AvgIpc) is 3.12. The van der Waals surface area contributed by atoms with Crippen LogP contribution in [0.4, 0.5) is 0 Å². The number of esters is 1. The first-order valence-electron chi connectivity index (χ1n) is 9.39. The van der Waals surface area contributed by atoms with Crippen LogP contribution < -0.4 is 5.32 Å². The lowest BCUT2D eigenvalue weighted by Gasteiger charge is -2.25. The Morgan fingerprint density at radius 3 is 2.57 bits per heavy atom. The van der Waals surface area contributed by atoms with E-state index in [1.54, 1.807) is 13.0 Å². The Labute approximate surface area is 184 Å². The van der Waals surface area contributed by atoms with Crippen molar-refractivity contribution < 1.29 is 19.1 Å². The van der Waals surface area contributed by atoms with Gasteiger partial charge < -0.3 is 9.30 Å². The Kier molecular flexibility index (Phi) is 5.96. The highest BCUT2D eigenvalue weighted by atomic mass is 32.1. The van der Waals surface area contributed by atoms with E-state index in [0.29, 0.717) is 17.7 Å². The summed E-state index contributed by atoms with van der Waals surface area (Å²) < 4.78 is 7.23. The largest absolute Gasteiger partial charge is 0.462 e. The number of nitrogens with zero attached hydrogens (tertiary/aromatic N) is 2. The molecule has 0 saturated carbocycles. The van der Waals surface area contributed by atoms with E-state index in [1.165, 1.54) is 23.3 Å². The standard InChI is InChI=1S/C21H23N3O4S2/c1-7-28-20(27)16-11(3)13(5)30-19(16)24-10(2)8-14(12(24)4)9-15-17(25)22-21(29)23(6)18(15)26/h8-9H,7H2,1-6H3,(H,22,25,29)/b15-9+. The Morgan fingerprint density at radius 2 is 1.93 bits per heavy atom. The quantitative estimate of drug-likeness (QED) is 0.338. The molecular weight excluding hydrogens is 422 g/mol. The predicted molar refractivity (Wildman–Crippen MR) is 120 cm³/mol. The summed E-state index contributed by atoms with van der Waals surface area (Å²) in [6.45, 7) is 9.74. The van der Waals surface area contributed by atoms with Crippen LogP contribution in [0.1, 0.15) is 44.7 Å². The molecule has 30 heavy (non-hydrogen) atoms. The number of carbonyl (C=O) groups is 3. The molecule has 1 N–H and O–H groups in total. The van der Waals surface area contributed by atoms with Crippen LogP contribution in [0.2, 0.25) is 0 Å². The van der Waals surface area contributed by atoms with Crippen LogP contribution in [0.15, 0.2) is 11.6 Å². The lowest BCUT2D eigenvalue weighted by Crippen LogP contribution is -2.52. The number of hydrogen-bond acceptors (Lipinski definition) is 6. The third-order valence-electron chi connectivity index (χ3n) is 5.12. The number of likely N-dealkylation sites (N-methyl/N-ethyl adjacent to an activating group) is 1. The smallest absolute Gasteiger partial charge is 0.341 e. The van der Waals surface area contributed by atoms with Crippen molar-refractivity contribution >= 4 is 52.5 Å². The molecule has 158 valence electrons. The van der Waals surface area contributed by atoms with Crippen molar-refractivity contribution in [3.63, 3.8) is 0 Å². The number of rotatable bonds is 4. The molecule has 0 spiro atoms. The first-order chi connectivity index (χ1) is 14.1. The molecule has 0 atom stereocenters. The molecule has 2 amide bonds. The minimum atomic E-state index is -0.525. The number of thiocarbonyl (C=S) groups is 1. The van der Waals surface area contributed by atoms with Crippen molar-refractivity contribution in [2.75, 3.05) is 13.7 Å². The second-order valence-electron chi connectivity index (χ2n) is 7.03. The summed E-state index contributed by atoms with van der Waals surface area (Å²) in [5, 5.41) is 3.36. The SMILES string of the molecule is CCOC(=O)c1c(-n2c(C)cc(/C=C3\C(=O)NC(=S)N(C)C3=O)c2C)sc(C)c1C. The number of aromatic nitrogens is 1. The van der Waals surface area contributed by atoms with Crippen molar-refractivity contribution in [3.8, 4) is 5.00 Å². The Morgan fingerprint density at radius 1 is 1.27 bits per heavy atom. The maximum atomic E-state index is 12.6. The van der Waals surface area contributed by atoms with Gasteiger partial charge in [0.15, 0.2) is 5.11 Å². The monoisotopic (exact) mass is 445 g/mol. The second kappa shape index (κ2) is 8.16. The van der Waals surface area contributed by atoms with Gasteiger partial charge in [-0.1, -0.05) is 0 Å². The van der Waals surface area contributed by atoms with Gasteiger partial charge in [0, 0.05) is 23.3 Å². The fourth-order valence-electron chi connectivity index (χ4n) is 3.36. The van der Waals surface area contributed by atoms with Gasteiger partial charge >= 0.3 is 5.97 Å². The van der Waals surface area contributed by atoms with Gasteiger partial charge in [-0.2, -0.15) is 0 Å². The lowest BCUT2D eigenvalue weighted by molar-refractivity contribution is -0.128. The van der Waals surface area contributed by atoms with Gasteiger partial charge in [-0.3, -0.25) is 19.8 Å². The zero-order chi connectivity index (χ0) is 22.3. The van der Waals surface area contributed by atoms with Gasteiger partial charge in [-0.05, 0) is 70.1 Å². The highest BCUT2D eigenvalue weighted by molar-refractivity contribution is 7.80. The normalized spacial score (nSPS) is 15.7.